The van der Waals surface area contributed by atoms with Crippen molar-refractivity contribution in [2.45, 2.75) is 37.5 Å². The van der Waals surface area contributed by atoms with Gasteiger partial charge in [-0.25, -0.2) is 0 Å². The number of likely N-dealkylation sites (N-methyl/N-ethyl adjacent to an activating group) is 1. The number of carbonyl (C=O) groups is 2. The summed E-state index contributed by atoms with van der Waals surface area (Å²) >= 11 is 12.4. The number of carbonyl (C=O) groups excluding carboxylic acids is 2. The summed E-state index contributed by atoms with van der Waals surface area (Å²) in [5.74, 6) is -0.517. The summed E-state index contributed by atoms with van der Waals surface area (Å²) in [6, 6.07) is 12.8. The standard InChI is InChI=1S/C27H34Cl2N4O4.H2S/c1-27(37,18-4-3-5-19(28)14-18)26(36)32-10-8-22(9-11-32)33-16-21(17-33)30-20-6-7-23(24(29)15-20)25(35)31(2)12-13-34;/h3-7,14-15,21-22,30,34,37H,8-13,16-17H2,1-2H3;1H2/t27-;/m0./s1. The van der Waals surface area contributed by atoms with Crippen LogP contribution in [0.1, 0.15) is 35.7 Å². The molecule has 2 heterocycles. The first kappa shape index (κ1) is 30.5. The number of benzene rings is 2. The van der Waals surface area contributed by atoms with Crippen molar-refractivity contribution in [3.8, 4) is 0 Å². The molecule has 208 valence electrons. The zero-order chi connectivity index (χ0) is 26.7. The molecule has 0 radical (unpaired) electrons. The van der Waals surface area contributed by atoms with Gasteiger partial charge < -0.3 is 25.3 Å². The zero-order valence-electron chi connectivity index (χ0n) is 21.7. The van der Waals surface area contributed by atoms with Crippen LogP contribution in [0.25, 0.3) is 0 Å². The van der Waals surface area contributed by atoms with Gasteiger partial charge in [0.15, 0.2) is 5.60 Å². The number of hydrogen-bond acceptors (Lipinski definition) is 6. The van der Waals surface area contributed by atoms with E-state index >= 15 is 0 Å². The molecule has 0 spiro atoms. The lowest BCUT2D eigenvalue weighted by molar-refractivity contribution is -0.152. The second-order valence-electron chi connectivity index (χ2n) is 10.0. The number of hydrogen-bond donors (Lipinski definition) is 3. The van der Waals surface area contributed by atoms with Gasteiger partial charge in [-0.2, -0.15) is 13.5 Å². The average molecular weight is 584 g/mol. The van der Waals surface area contributed by atoms with E-state index in [9.17, 15) is 14.7 Å². The number of rotatable bonds is 8. The molecular formula is C27H36Cl2N4O4S. The molecule has 38 heavy (non-hydrogen) atoms. The van der Waals surface area contributed by atoms with E-state index in [1.54, 1.807) is 48.3 Å². The van der Waals surface area contributed by atoms with E-state index in [2.05, 4.69) is 10.2 Å². The largest absolute Gasteiger partial charge is 0.395 e. The van der Waals surface area contributed by atoms with Gasteiger partial charge >= 0.3 is 0 Å². The quantitative estimate of drug-likeness (QED) is 0.442. The maximum atomic E-state index is 13.1. The van der Waals surface area contributed by atoms with Gasteiger partial charge in [-0.05, 0) is 55.7 Å². The molecule has 0 unspecified atom stereocenters. The molecule has 0 aromatic heterocycles. The third-order valence-electron chi connectivity index (χ3n) is 7.33. The fourth-order valence-corrected chi connectivity index (χ4v) is 5.48. The maximum absolute atomic E-state index is 13.1. The molecule has 2 aromatic carbocycles. The molecule has 11 heteroatoms. The molecule has 2 aliphatic rings. The highest BCUT2D eigenvalue weighted by Gasteiger charge is 2.40. The number of aliphatic hydroxyl groups excluding tert-OH is 1. The van der Waals surface area contributed by atoms with Gasteiger partial charge in [-0.3, -0.25) is 14.5 Å². The minimum Gasteiger partial charge on any atom is -0.395 e. The molecule has 2 saturated heterocycles. The lowest BCUT2D eigenvalue weighted by Crippen LogP contribution is -2.61. The lowest BCUT2D eigenvalue weighted by atomic mass is 9.92. The summed E-state index contributed by atoms with van der Waals surface area (Å²) in [6.07, 6.45) is 1.71. The van der Waals surface area contributed by atoms with E-state index < -0.39 is 5.60 Å². The van der Waals surface area contributed by atoms with Crippen LogP contribution in [0.4, 0.5) is 5.69 Å². The van der Waals surface area contributed by atoms with E-state index in [4.69, 9.17) is 28.3 Å². The highest BCUT2D eigenvalue weighted by Crippen LogP contribution is 2.30. The van der Waals surface area contributed by atoms with Crippen molar-refractivity contribution in [2.75, 3.05) is 51.7 Å². The number of aliphatic hydroxyl groups is 2. The number of anilines is 1. The Bertz CT molecular complexity index is 1140. The molecule has 0 saturated carbocycles. The summed E-state index contributed by atoms with van der Waals surface area (Å²) in [7, 11) is 1.63. The first-order chi connectivity index (χ1) is 17.6. The smallest absolute Gasteiger partial charge is 0.258 e. The molecular weight excluding hydrogens is 547 g/mol. The fourth-order valence-electron chi connectivity index (χ4n) is 5.03. The van der Waals surface area contributed by atoms with Crippen LogP contribution < -0.4 is 5.32 Å². The molecule has 1 atom stereocenters. The number of halogens is 2. The van der Waals surface area contributed by atoms with E-state index in [-0.39, 0.29) is 44.5 Å². The van der Waals surface area contributed by atoms with Crippen molar-refractivity contribution in [3.63, 3.8) is 0 Å². The molecule has 0 bridgehead atoms. The normalized spacial score (nSPS) is 18.2. The van der Waals surface area contributed by atoms with E-state index in [1.807, 2.05) is 6.07 Å². The number of nitrogens with one attached hydrogen (secondary N) is 1. The van der Waals surface area contributed by atoms with Crippen LogP contribution in [-0.2, 0) is 10.4 Å². The van der Waals surface area contributed by atoms with Crippen LogP contribution in [0.2, 0.25) is 10.0 Å². The summed E-state index contributed by atoms with van der Waals surface area (Å²) in [5, 5.41) is 24.3. The molecule has 0 aliphatic carbocycles. The topological polar surface area (TPSA) is 96.4 Å². The monoisotopic (exact) mass is 582 g/mol. The Kier molecular flexibility index (Phi) is 10.4. The maximum Gasteiger partial charge on any atom is 0.258 e. The van der Waals surface area contributed by atoms with E-state index in [1.165, 1.54) is 11.8 Å². The molecule has 8 nitrogen and oxygen atoms in total. The summed E-state index contributed by atoms with van der Waals surface area (Å²) in [4.78, 5) is 31.1. The molecule has 2 amide bonds. The van der Waals surface area contributed by atoms with Crippen LogP contribution in [-0.4, -0.2) is 95.2 Å². The summed E-state index contributed by atoms with van der Waals surface area (Å²) < 4.78 is 0. The van der Waals surface area contributed by atoms with Gasteiger partial charge in [0.05, 0.1) is 23.2 Å². The van der Waals surface area contributed by atoms with Crippen molar-refractivity contribution < 1.29 is 19.8 Å². The van der Waals surface area contributed by atoms with Crippen molar-refractivity contribution >= 4 is 54.2 Å². The second kappa shape index (κ2) is 12.9. The van der Waals surface area contributed by atoms with Gasteiger partial charge in [0.2, 0.25) is 0 Å². The van der Waals surface area contributed by atoms with Gasteiger partial charge in [0, 0.05) is 56.5 Å². The SMILES string of the molecule is CN(CCO)C(=O)c1ccc(NC2CN(C3CCN(C(=O)[C@@](C)(O)c4cccc(Cl)c4)CC3)C2)cc1Cl.S. The highest BCUT2D eigenvalue weighted by molar-refractivity contribution is 7.59. The average Bonchev–Trinajstić information content (AvgIpc) is 2.85. The van der Waals surface area contributed by atoms with Crippen LogP contribution in [0.5, 0.6) is 0 Å². The summed E-state index contributed by atoms with van der Waals surface area (Å²) in [6.45, 7) is 4.65. The lowest BCUT2D eigenvalue weighted by Gasteiger charge is -2.48. The Hall–Kier alpha value is -2.01. The molecule has 4 rings (SSSR count). The Labute approximate surface area is 240 Å². The van der Waals surface area contributed by atoms with Gasteiger partial charge in [0.1, 0.15) is 0 Å². The van der Waals surface area contributed by atoms with Gasteiger partial charge in [-0.1, -0.05) is 35.3 Å². The number of piperidine rings is 1. The minimum atomic E-state index is -1.61. The number of likely N-dealkylation sites (tertiary alicyclic amines) is 2. The van der Waals surface area contributed by atoms with E-state index in [0.717, 1.165) is 31.6 Å². The zero-order valence-corrected chi connectivity index (χ0v) is 24.2. The third kappa shape index (κ3) is 6.76. The molecule has 2 aliphatic heterocycles. The van der Waals surface area contributed by atoms with Crippen LogP contribution in [0, 0.1) is 0 Å². The van der Waals surface area contributed by atoms with E-state index in [0.29, 0.717) is 40.3 Å². The van der Waals surface area contributed by atoms with Crippen molar-refractivity contribution in [1.82, 2.24) is 14.7 Å². The van der Waals surface area contributed by atoms with Crippen molar-refractivity contribution in [3.05, 3.63) is 63.6 Å². The molecule has 2 aromatic rings. The predicted molar refractivity (Wildman–Crippen MR) is 155 cm³/mol. The van der Waals surface area contributed by atoms with Crippen LogP contribution in [0.15, 0.2) is 42.5 Å². The Balaban J connectivity index is 0.00000400. The third-order valence-corrected chi connectivity index (χ3v) is 7.88. The predicted octanol–water partition coefficient (Wildman–Crippen LogP) is 3.17. The highest BCUT2D eigenvalue weighted by atomic mass is 35.5. The number of nitrogens with zero attached hydrogens (tertiary/aromatic N) is 3. The molecule has 3 N–H and O–H groups in total. The van der Waals surface area contributed by atoms with Crippen LogP contribution >= 0.6 is 36.7 Å². The first-order valence-electron chi connectivity index (χ1n) is 12.5. The first-order valence-corrected chi connectivity index (χ1v) is 13.3. The van der Waals surface area contributed by atoms with Gasteiger partial charge in [-0.15, -0.1) is 0 Å². The van der Waals surface area contributed by atoms with Crippen LogP contribution in [0.3, 0.4) is 0 Å². The Morgan fingerprint density at radius 2 is 1.82 bits per heavy atom. The van der Waals surface area contributed by atoms with Crippen molar-refractivity contribution in [2.24, 2.45) is 0 Å². The Morgan fingerprint density at radius 3 is 2.42 bits per heavy atom. The minimum absolute atomic E-state index is 0. The van der Waals surface area contributed by atoms with Crippen molar-refractivity contribution in [1.29, 1.82) is 0 Å². The molecule has 2 fully saturated rings. The fraction of sp³-hybridized carbons (Fsp3) is 0.481. The second-order valence-corrected chi connectivity index (χ2v) is 10.9. The van der Waals surface area contributed by atoms with Gasteiger partial charge in [0.25, 0.3) is 11.8 Å². The Morgan fingerprint density at radius 1 is 1.13 bits per heavy atom. The number of amides is 2. The summed E-state index contributed by atoms with van der Waals surface area (Å²) in [5.41, 5.74) is 0.159.